The molecule has 3 N–H and O–H groups in total. The molecule has 0 aliphatic heterocycles. The van der Waals surface area contributed by atoms with Crippen LogP contribution < -0.4 is 5.73 Å². The molecular formula is C7H10F3NO3. The standard InChI is InChI=1S/C7H10F3NO3/c1-2-14-6(13)4(3-11)5(12)7(8,9)10/h12H,2-3,11H2,1H3/b5-4-. The van der Waals surface area contributed by atoms with E-state index in [4.69, 9.17) is 10.8 Å². The Morgan fingerprint density at radius 3 is 2.29 bits per heavy atom. The molecule has 14 heavy (non-hydrogen) atoms. The number of rotatable bonds is 3. The molecule has 0 spiro atoms. The summed E-state index contributed by atoms with van der Waals surface area (Å²) in [5.74, 6) is -3.26. The Morgan fingerprint density at radius 1 is 1.50 bits per heavy atom. The molecule has 0 aromatic carbocycles. The highest BCUT2D eigenvalue weighted by atomic mass is 19.4. The van der Waals surface area contributed by atoms with E-state index in [1.165, 1.54) is 6.92 Å². The topological polar surface area (TPSA) is 72.5 Å². The van der Waals surface area contributed by atoms with Crippen molar-refractivity contribution >= 4 is 5.97 Å². The molecule has 0 amide bonds. The molecule has 0 rings (SSSR count). The number of carbonyl (C=O) groups excluding carboxylic acids is 1. The Morgan fingerprint density at radius 2 is 2.00 bits per heavy atom. The van der Waals surface area contributed by atoms with Gasteiger partial charge in [0.05, 0.1) is 12.2 Å². The first-order chi connectivity index (χ1) is 6.34. The molecule has 0 aromatic heterocycles. The Labute approximate surface area is 78.1 Å². The maximum absolute atomic E-state index is 11.9. The summed E-state index contributed by atoms with van der Waals surface area (Å²) < 4.78 is 40.0. The smallest absolute Gasteiger partial charge is 0.449 e. The molecule has 82 valence electrons. The van der Waals surface area contributed by atoms with E-state index in [2.05, 4.69) is 4.74 Å². The third kappa shape index (κ3) is 3.25. The number of allylic oxidation sites excluding steroid dienone is 1. The lowest BCUT2D eigenvalue weighted by molar-refractivity contribution is -0.142. The first-order valence-corrected chi connectivity index (χ1v) is 3.71. The lowest BCUT2D eigenvalue weighted by Gasteiger charge is -2.10. The van der Waals surface area contributed by atoms with E-state index >= 15 is 0 Å². The number of nitrogens with two attached hydrogens (primary N) is 1. The van der Waals surface area contributed by atoms with Gasteiger partial charge in [-0.1, -0.05) is 0 Å². The predicted octanol–water partition coefficient (Wildman–Crippen LogP) is 0.883. The van der Waals surface area contributed by atoms with Crippen molar-refractivity contribution in [2.75, 3.05) is 13.2 Å². The van der Waals surface area contributed by atoms with E-state index in [1.807, 2.05) is 0 Å². The van der Waals surface area contributed by atoms with Gasteiger partial charge in [0.25, 0.3) is 0 Å². The van der Waals surface area contributed by atoms with E-state index in [1.54, 1.807) is 0 Å². The SMILES string of the molecule is CCOC(=O)/C(CN)=C(\O)C(F)(F)F. The summed E-state index contributed by atoms with van der Waals surface area (Å²) in [6, 6.07) is 0. The summed E-state index contributed by atoms with van der Waals surface area (Å²) in [7, 11) is 0. The number of ether oxygens (including phenoxy) is 1. The number of aliphatic hydroxyl groups excluding tert-OH is 1. The highest BCUT2D eigenvalue weighted by Crippen LogP contribution is 2.25. The zero-order valence-electron chi connectivity index (χ0n) is 7.39. The van der Waals surface area contributed by atoms with Crippen molar-refractivity contribution in [2.24, 2.45) is 5.73 Å². The highest BCUT2D eigenvalue weighted by Gasteiger charge is 2.38. The number of alkyl halides is 3. The van der Waals surface area contributed by atoms with E-state index in [9.17, 15) is 18.0 Å². The van der Waals surface area contributed by atoms with Crippen molar-refractivity contribution in [3.8, 4) is 0 Å². The summed E-state index contributed by atoms with van der Waals surface area (Å²) in [4.78, 5) is 10.8. The van der Waals surface area contributed by atoms with Gasteiger partial charge < -0.3 is 15.6 Å². The summed E-state index contributed by atoms with van der Waals surface area (Å²) in [5, 5.41) is 8.62. The first kappa shape index (κ1) is 12.8. The van der Waals surface area contributed by atoms with Gasteiger partial charge in [0, 0.05) is 6.54 Å². The van der Waals surface area contributed by atoms with Crippen molar-refractivity contribution in [3.63, 3.8) is 0 Å². The van der Waals surface area contributed by atoms with Gasteiger partial charge in [-0.2, -0.15) is 13.2 Å². The third-order valence-corrected chi connectivity index (χ3v) is 1.28. The van der Waals surface area contributed by atoms with Gasteiger partial charge in [0.2, 0.25) is 5.76 Å². The van der Waals surface area contributed by atoms with Crippen molar-refractivity contribution in [1.29, 1.82) is 0 Å². The second-order valence-electron chi connectivity index (χ2n) is 2.25. The van der Waals surface area contributed by atoms with E-state index in [0.29, 0.717) is 0 Å². The average molecular weight is 213 g/mol. The molecule has 0 unspecified atom stereocenters. The molecule has 0 radical (unpaired) electrons. The monoisotopic (exact) mass is 213 g/mol. The highest BCUT2D eigenvalue weighted by molar-refractivity contribution is 5.89. The summed E-state index contributed by atoms with van der Waals surface area (Å²) in [6.07, 6.45) is -4.98. The van der Waals surface area contributed by atoms with Crippen LogP contribution in [-0.2, 0) is 9.53 Å². The quantitative estimate of drug-likeness (QED) is 0.414. The minimum atomic E-state index is -4.98. The predicted molar refractivity (Wildman–Crippen MR) is 41.4 cm³/mol. The third-order valence-electron chi connectivity index (χ3n) is 1.28. The summed E-state index contributed by atoms with van der Waals surface area (Å²) >= 11 is 0. The number of hydrogen-bond donors (Lipinski definition) is 2. The van der Waals surface area contributed by atoms with Crippen LogP contribution in [0, 0.1) is 0 Å². The zero-order valence-corrected chi connectivity index (χ0v) is 7.39. The maximum Gasteiger partial charge on any atom is 0.449 e. The largest absolute Gasteiger partial charge is 0.504 e. The van der Waals surface area contributed by atoms with Crippen LogP contribution in [0.2, 0.25) is 0 Å². The fourth-order valence-electron chi connectivity index (χ4n) is 0.666. The molecule has 0 aromatic rings. The van der Waals surface area contributed by atoms with E-state index < -0.39 is 30.0 Å². The van der Waals surface area contributed by atoms with E-state index in [0.717, 1.165) is 0 Å². The van der Waals surface area contributed by atoms with Crippen LogP contribution in [0.15, 0.2) is 11.3 Å². The van der Waals surface area contributed by atoms with Gasteiger partial charge in [0.1, 0.15) is 0 Å². The Kier molecular flexibility index (Phi) is 4.42. The number of carbonyl (C=O) groups is 1. The Balaban J connectivity index is 4.94. The number of hydrogen-bond acceptors (Lipinski definition) is 4. The average Bonchev–Trinajstić information content (AvgIpc) is 2.04. The molecule has 0 saturated heterocycles. The van der Waals surface area contributed by atoms with Crippen LogP contribution in [-0.4, -0.2) is 30.4 Å². The maximum atomic E-state index is 11.9. The number of halogens is 3. The molecule has 0 heterocycles. The van der Waals surface area contributed by atoms with Crippen molar-refractivity contribution in [1.82, 2.24) is 0 Å². The fraction of sp³-hybridized carbons (Fsp3) is 0.571. The van der Waals surface area contributed by atoms with Crippen LogP contribution in [0.4, 0.5) is 13.2 Å². The molecule has 0 aliphatic carbocycles. The van der Waals surface area contributed by atoms with Crippen molar-refractivity contribution in [2.45, 2.75) is 13.1 Å². The molecule has 4 nitrogen and oxygen atoms in total. The number of aliphatic hydroxyl groups is 1. The van der Waals surface area contributed by atoms with Crippen LogP contribution in [0.3, 0.4) is 0 Å². The van der Waals surface area contributed by atoms with Gasteiger partial charge in [-0.3, -0.25) is 0 Å². The minimum absolute atomic E-state index is 0.0898. The molecule has 7 heteroatoms. The van der Waals surface area contributed by atoms with Crippen LogP contribution in [0.1, 0.15) is 6.92 Å². The lowest BCUT2D eigenvalue weighted by atomic mass is 10.2. The molecule has 0 fully saturated rings. The van der Waals surface area contributed by atoms with Gasteiger partial charge in [-0.05, 0) is 6.92 Å². The Bertz CT molecular complexity index is 247. The molecular weight excluding hydrogens is 203 g/mol. The summed E-state index contributed by atoms with van der Waals surface area (Å²) in [5.41, 5.74) is 3.91. The summed E-state index contributed by atoms with van der Waals surface area (Å²) in [6.45, 7) is 0.605. The fourth-order valence-corrected chi connectivity index (χ4v) is 0.666. The van der Waals surface area contributed by atoms with Gasteiger partial charge in [-0.25, -0.2) is 4.79 Å². The van der Waals surface area contributed by atoms with Gasteiger partial charge in [0.15, 0.2) is 0 Å². The van der Waals surface area contributed by atoms with Crippen molar-refractivity contribution < 1.29 is 27.8 Å². The Hall–Kier alpha value is -1.24. The molecule has 0 bridgehead atoms. The number of esters is 1. The zero-order chi connectivity index (χ0) is 11.4. The first-order valence-electron chi connectivity index (χ1n) is 3.71. The van der Waals surface area contributed by atoms with Gasteiger partial charge >= 0.3 is 12.1 Å². The van der Waals surface area contributed by atoms with Crippen LogP contribution in [0.25, 0.3) is 0 Å². The second kappa shape index (κ2) is 4.85. The van der Waals surface area contributed by atoms with Crippen molar-refractivity contribution in [3.05, 3.63) is 11.3 Å². The molecule has 0 saturated carbocycles. The minimum Gasteiger partial charge on any atom is -0.504 e. The second-order valence-corrected chi connectivity index (χ2v) is 2.25. The van der Waals surface area contributed by atoms with E-state index in [-0.39, 0.29) is 6.61 Å². The van der Waals surface area contributed by atoms with Crippen LogP contribution in [0.5, 0.6) is 0 Å². The normalized spacial score (nSPS) is 13.5. The molecule has 0 aliphatic rings. The molecule has 0 atom stereocenters. The van der Waals surface area contributed by atoms with Crippen LogP contribution >= 0.6 is 0 Å². The van der Waals surface area contributed by atoms with Gasteiger partial charge in [-0.15, -0.1) is 0 Å². The lowest BCUT2D eigenvalue weighted by Crippen LogP contribution is -2.24.